The summed E-state index contributed by atoms with van der Waals surface area (Å²) in [6, 6.07) is 10.0. The number of hydrogen-bond donors (Lipinski definition) is 0. The standard InChI is InChI=1S/C27H25N3O8/c1-15-4-3-5-20-24(15)26(33)29(25(20)32)17-6-9-19(10-7-17)38-27(34)16-12-23(31)28(14-16)21-11-8-18(30(35)36)13-22(21)37-2/h3-4,6-11,13,15-16,20,24H,5,12,14H2,1-2H3/t15-,16+,20+,24-/m0/s1. The second kappa shape index (κ2) is 9.73. The van der Waals surface area contributed by atoms with Crippen molar-refractivity contribution in [2.75, 3.05) is 23.5 Å². The molecular formula is C27H25N3O8. The second-order valence-corrected chi connectivity index (χ2v) is 9.60. The van der Waals surface area contributed by atoms with Crippen molar-refractivity contribution in [2.45, 2.75) is 19.8 Å². The molecule has 11 heteroatoms. The van der Waals surface area contributed by atoms with Crippen LogP contribution in [0, 0.1) is 33.8 Å². The van der Waals surface area contributed by atoms with E-state index in [-0.39, 0.29) is 65.6 Å². The van der Waals surface area contributed by atoms with E-state index in [0.29, 0.717) is 17.8 Å². The molecule has 0 unspecified atom stereocenters. The van der Waals surface area contributed by atoms with Crippen LogP contribution in [0.3, 0.4) is 0 Å². The van der Waals surface area contributed by atoms with Gasteiger partial charge in [0.05, 0.1) is 47.2 Å². The van der Waals surface area contributed by atoms with Gasteiger partial charge in [-0.05, 0) is 42.7 Å². The van der Waals surface area contributed by atoms with Crippen LogP contribution in [0.2, 0.25) is 0 Å². The van der Waals surface area contributed by atoms with Crippen molar-refractivity contribution in [3.8, 4) is 11.5 Å². The molecule has 2 aromatic rings. The van der Waals surface area contributed by atoms with E-state index in [1.54, 1.807) is 12.1 Å². The molecule has 38 heavy (non-hydrogen) atoms. The van der Waals surface area contributed by atoms with Crippen LogP contribution in [0.5, 0.6) is 11.5 Å². The van der Waals surface area contributed by atoms with Crippen molar-refractivity contribution in [1.29, 1.82) is 0 Å². The topological polar surface area (TPSA) is 136 Å². The Kier molecular flexibility index (Phi) is 6.43. The van der Waals surface area contributed by atoms with Crippen LogP contribution >= 0.6 is 0 Å². The van der Waals surface area contributed by atoms with Gasteiger partial charge in [-0.3, -0.25) is 34.2 Å². The van der Waals surface area contributed by atoms with E-state index in [9.17, 15) is 29.3 Å². The van der Waals surface area contributed by atoms with Gasteiger partial charge in [0.1, 0.15) is 11.5 Å². The summed E-state index contributed by atoms with van der Waals surface area (Å²) < 4.78 is 10.7. The van der Waals surface area contributed by atoms with Crippen LogP contribution in [0.15, 0.2) is 54.6 Å². The van der Waals surface area contributed by atoms with Crippen molar-refractivity contribution in [3.63, 3.8) is 0 Å². The number of rotatable bonds is 6. The smallest absolute Gasteiger partial charge is 0.316 e. The third kappa shape index (κ3) is 4.29. The van der Waals surface area contributed by atoms with E-state index in [2.05, 4.69) is 0 Å². The summed E-state index contributed by atoms with van der Waals surface area (Å²) in [4.78, 5) is 64.4. The summed E-state index contributed by atoms with van der Waals surface area (Å²) in [6.07, 6.45) is 4.35. The molecule has 11 nitrogen and oxygen atoms in total. The number of nitrogens with zero attached hydrogens (tertiary/aromatic N) is 3. The Hall–Kier alpha value is -4.54. The normalized spacial score (nSPS) is 24.5. The second-order valence-electron chi connectivity index (χ2n) is 9.60. The maximum Gasteiger partial charge on any atom is 0.316 e. The number of anilines is 2. The number of methoxy groups -OCH3 is 1. The molecule has 2 fully saturated rings. The van der Waals surface area contributed by atoms with E-state index in [1.807, 2.05) is 19.1 Å². The summed E-state index contributed by atoms with van der Waals surface area (Å²) in [5.74, 6) is -2.58. The Morgan fingerprint density at radius 2 is 1.82 bits per heavy atom. The van der Waals surface area contributed by atoms with Gasteiger partial charge in [0, 0.05) is 19.0 Å². The molecule has 5 rings (SSSR count). The summed E-state index contributed by atoms with van der Waals surface area (Å²) in [6.45, 7) is 1.95. The number of esters is 1. The number of amides is 3. The zero-order valence-electron chi connectivity index (χ0n) is 20.7. The van der Waals surface area contributed by atoms with E-state index in [1.165, 1.54) is 47.2 Å². The molecule has 1 aliphatic carbocycles. The fourth-order valence-electron chi connectivity index (χ4n) is 5.37. The summed E-state index contributed by atoms with van der Waals surface area (Å²) in [5.41, 5.74) is 0.556. The SMILES string of the molecule is COc1cc([N+](=O)[O-])ccc1N1C[C@H](C(=O)Oc2ccc(N3C(=O)[C@H]4[C@@H](C)C=CC[C@H]4C3=O)cc2)CC1=O. The number of carbonyl (C=O) groups is 4. The van der Waals surface area contributed by atoms with Crippen molar-refractivity contribution < 1.29 is 33.6 Å². The first-order valence-corrected chi connectivity index (χ1v) is 12.2. The summed E-state index contributed by atoms with van der Waals surface area (Å²) in [7, 11) is 1.34. The number of imide groups is 1. The lowest BCUT2D eigenvalue weighted by molar-refractivity contribution is -0.384. The van der Waals surface area contributed by atoms with Gasteiger partial charge in [-0.2, -0.15) is 0 Å². The molecule has 0 aromatic heterocycles. The lowest BCUT2D eigenvalue weighted by atomic mass is 9.78. The highest BCUT2D eigenvalue weighted by Gasteiger charge is 2.50. The molecule has 2 heterocycles. The quantitative estimate of drug-likeness (QED) is 0.142. The molecule has 2 aliphatic heterocycles. The average Bonchev–Trinajstić information content (AvgIpc) is 3.41. The van der Waals surface area contributed by atoms with Gasteiger partial charge >= 0.3 is 5.97 Å². The number of allylic oxidation sites excluding steroid dienone is 2. The number of hydrogen-bond acceptors (Lipinski definition) is 8. The van der Waals surface area contributed by atoms with Gasteiger partial charge in [0.25, 0.3) is 5.69 Å². The first-order chi connectivity index (χ1) is 18.2. The van der Waals surface area contributed by atoms with Gasteiger partial charge in [-0.1, -0.05) is 19.1 Å². The first-order valence-electron chi connectivity index (χ1n) is 12.2. The van der Waals surface area contributed by atoms with Gasteiger partial charge in [0.15, 0.2) is 0 Å². The highest BCUT2D eigenvalue weighted by molar-refractivity contribution is 6.22. The van der Waals surface area contributed by atoms with Gasteiger partial charge in [0.2, 0.25) is 17.7 Å². The van der Waals surface area contributed by atoms with E-state index in [4.69, 9.17) is 9.47 Å². The van der Waals surface area contributed by atoms with Crippen molar-refractivity contribution in [2.24, 2.45) is 23.7 Å². The Balaban J connectivity index is 1.26. The van der Waals surface area contributed by atoms with E-state index in [0.717, 1.165) is 0 Å². The highest BCUT2D eigenvalue weighted by Crippen LogP contribution is 2.41. The molecule has 0 spiro atoms. The molecular weight excluding hydrogens is 494 g/mol. The van der Waals surface area contributed by atoms with Crippen molar-refractivity contribution in [1.82, 2.24) is 0 Å². The van der Waals surface area contributed by atoms with E-state index >= 15 is 0 Å². The largest absolute Gasteiger partial charge is 0.494 e. The van der Waals surface area contributed by atoms with Gasteiger partial charge in [-0.25, -0.2) is 0 Å². The maximum absolute atomic E-state index is 13.0. The fourth-order valence-corrected chi connectivity index (χ4v) is 5.37. The van der Waals surface area contributed by atoms with Crippen LogP contribution in [0.4, 0.5) is 17.1 Å². The lowest BCUT2D eigenvalue weighted by Crippen LogP contribution is -2.31. The molecule has 4 atom stereocenters. The van der Waals surface area contributed by atoms with Crippen LogP contribution in [-0.2, 0) is 19.2 Å². The molecule has 2 aromatic carbocycles. The number of non-ortho nitro benzene ring substituents is 1. The van der Waals surface area contributed by atoms with Crippen LogP contribution < -0.4 is 19.3 Å². The first kappa shape index (κ1) is 25.1. The predicted octanol–water partition coefficient (Wildman–Crippen LogP) is 3.26. The number of benzene rings is 2. The Bertz CT molecular complexity index is 1370. The van der Waals surface area contributed by atoms with Crippen molar-refractivity contribution in [3.05, 3.63) is 64.7 Å². The molecule has 0 radical (unpaired) electrons. The number of carbonyl (C=O) groups excluding carboxylic acids is 4. The summed E-state index contributed by atoms with van der Waals surface area (Å²) >= 11 is 0. The lowest BCUT2D eigenvalue weighted by Gasteiger charge is -2.22. The fraction of sp³-hybridized carbons (Fsp3) is 0.333. The molecule has 196 valence electrons. The van der Waals surface area contributed by atoms with Gasteiger partial charge in [-0.15, -0.1) is 0 Å². The Morgan fingerprint density at radius 1 is 1.08 bits per heavy atom. The third-order valence-corrected chi connectivity index (χ3v) is 7.31. The zero-order chi connectivity index (χ0) is 27.1. The minimum atomic E-state index is -0.763. The zero-order valence-corrected chi connectivity index (χ0v) is 20.7. The molecule has 3 aliphatic rings. The van der Waals surface area contributed by atoms with Crippen LogP contribution in [-0.4, -0.2) is 42.3 Å². The number of nitro benzene ring substituents is 1. The average molecular weight is 520 g/mol. The molecule has 0 saturated carbocycles. The maximum atomic E-state index is 13.0. The van der Waals surface area contributed by atoms with Crippen LogP contribution in [0.25, 0.3) is 0 Å². The predicted molar refractivity (Wildman–Crippen MR) is 135 cm³/mol. The molecule has 3 amide bonds. The molecule has 0 N–H and O–H groups in total. The van der Waals surface area contributed by atoms with Crippen LogP contribution in [0.1, 0.15) is 19.8 Å². The number of ether oxygens (including phenoxy) is 2. The number of nitro groups is 1. The minimum Gasteiger partial charge on any atom is -0.494 e. The molecule has 0 bridgehead atoms. The minimum absolute atomic E-state index is 0.0184. The third-order valence-electron chi connectivity index (χ3n) is 7.31. The molecule has 2 saturated heterocycles. The summed E-state index contributed by atoms with van der Waals surface area (Å²) in [5, 5.41) is 11.1. The highest BCUT2D eigenvalue weighted by atomic mass is 16.6. The monoisotopic (exact) mass is 519 g/mol. The van der Waals surface area contributed by atoms with Crippen molar-refractivity contribution >= 4 is 40.8 Å². The van der Waals surface area contributed by atoms with Gasteiger partial charge < -0.3 is 14.4 Å². The Labute approximate surface area is 217 Å². The number of fused-ring (bicyclic) bond motifs is 1. The Morgan fingerprint density at radius 3 is 2.47 bits per heavy atom. The van der Waals surface area contributed by atoms with E-state index < -0.39 is 16.8 Å².